The van der Waals surface area contributed by atoms with E-state index in [4.69, 9.17) is 37.1 Å². The Kier molecular flexibility index (Phi) is 6.45. The average molecular weight is 483 g/mol. The predicted molar refractivity (Wildman–Crippen MR) is 130 cm³/mol. The molecular weight excluding hydrogens is 463 g/mol. The second-order valence-electron chi connectivity index (χ2n) is 7.71. The van der Waals surface area contributed by atoms with E-state index < -0.39 is 17.5 Å². The quantitative estimate of drug-likeness (QED) is 0.294. The number of benzene rings is 3. The fourth-order valence-electron chi connectivity index (χ4n) is 3.27. The fraction of sp³-hybridized carbons (Fsp3) is 0.154. The second-order valence-corrected chi connectivity index (χ2v) is 8.55. The van der Waals surface area contributed by atoms with Gasteiger partial charge in [0.05, 0.1) is 10.4 Å². The van der Waals surface area contributed by atoms with Crippen LogP contribution in [0.4, 0.5) is 0 Å². The van der Waals surface area contributed by atoms with Crippen LogP contribution in [0.15, 0.2) is 69.9 Å². The monoisotopic (exact) mass is 482 g/mol. The maximum Gasteiger partial charge on any atom is 0.352 e. The van der Waals surface area contributed by atoms with E-state index in [9.17, 15) is 9.59 Å². The second kappa shape index (κ2) is 9.30. The Balaban J connectivity index is 1.74. The molecule has 0 spiro atoms. The number of aryl methyl sites for hydroxylation is 2. The van der Waals surface area contributed by atoms with Gasteiger partial charge in [-0.1, -0.05) is 64.7 Å². The molecule has 0 saturated heterocycles. The molecule has 0 aliphatic rings. The number of fused-ring (bicyclic) bond motifs is 1. The first-order valence-electron chi connectivity index (χ1n) is 10.2. The highest BCUT2D eigenvalue weighted by Crippen LogP contribution is 2.32. The van der Waals surface area contributed by atoms with Gasteiger partial charge in [0.2, 0.25) is 11.2 Å². The van der Waals surface area contributed by atoms with Crippen LogP contribution in [0.5, 0.6) is 11.5 Å². The molecule has 168 valence electrons. The third-order valence-corrected chi connectivity index (χ3v) is 5.58. The molecule has 0 aliphatic heterocycles. The zero-order valence-electron chi connectivity index (χ0n) is 18.1. The highest BCUT2D eigenvalue weighted by Gasteiger charge is 2.25. The van der Waals surface area contributed by atoms with Crippen molar-refractivity contribution in [1.29, 1.82) is 0 Å². The number of halogens is 2. The first-order valence-corrected chi connectivity index (χ1v) is 11.0. The highest BCUT2D eigenvalue weighted by molar-refractivity contribution is 6.35. The van der Waals surface area contributed by atoms with Crippen LogP contribution in [0.1, 0.15) is 18.1 Å². The Morgan fingerprint density at radius 3 is 2.33 bits per heavy atom. The van der Waals surface area contributed by atoms with Crippen LogP contribution in [0.3, 0.4) is 0 Å². The van der Waals surface area contributed by atoms with Gasteiger partial charge >= 0.3 is 5.97 Å². The Labute approximate surface area is 200 Å². The molecule has 0 unspecified atom stereocenters. The standard InChI is InChI=1S/C26H20Cl2O5/c1-14-4-7-17(8-5-14)24-25(23(29)19-12-15(2)6-10-21(19)32-24)33-26(30)16(3)31-22-11-9-18(27)13-20(22)28/h4-13,16H,1-3H3/t16-/m0/s1. The van der Waals surface area contributed by atoms with E-state index in [1.807, 2.05) is 32.0 Å². The largest absolute Gasteiger partial charge is 0.477 e. The number of hydrogen-bond acceptors (Lipinski definition) is 5. The van der Waals surface area contributed by atoms with Crippen LogP contribution in [0.2, 0.25) is 10.0 Å². The summed E-state index contributed by atoms with van der Waals surface area (Å²) in [5.41, 5.74) is 2.48. The minimum absolute atomic E-state index is 0.168. The normalized spacial score (nSPS) is 11.9. The molecule has 4 aromatic rings. The van der Waals surface area contributed by atoms with Crippen molar-refractivity contribution in [1.82, 2.24) is 0 Å². The lowest BCUT2D eigenvalue weighted by Gasteiger charge is -2.16. The number of hydrogen-bond donors (Lipinski definition) is 0. The van der Waals surface area contributed by atoms with E-state index in [2.05, 4.69) is 0 Å². The summed E-state index contributed by atoms with van der Waals surface area (Å²) in [6, 6.07) is 17.3. The lowest BCUT2D eigenvalue weighted by Crippen LogP contribution is -2.30. The predicted octanol–water partition coefficient (Wildman–Crippen LogP) is 6.76. The minimum Gasteiger partial charge on any atom is -0.477 e. The van der Waals surface area contributed by atoms with E-state index >= 15 is 0 Å². The van der Waals surface area contributed by atoms with Gasteiger partial charge in [-0.15, -0.1) is 0 Å². The fourth-order valence-corrected chi connectivity index (χ4v) is 3.73. The van der Waals surface area contributed by atoms with E-state index in [0.717, 1.165) is 11.1 Å². The van der Waals surface area contributed by atoms with Gasteiger partial charge in [-0.2, -0.15) is 0 Å². The smallest absolute Gasteiger partial charge is 0.352 e. The molecule has 3 aromatic carbocycles. The van der Waals surface area contributed by atoms with E-state index in [1.54, 1.807) is 36.4 Å². The van der Waals surface area contributed by atoms with Crippen molar-refractivity contribution in [3.63, 3.8) is 0 Å². The number of carbonyl (C=O) groups is 1. The summed E-state index contributed by atoms with van der Waals surface area (Å²) in [4.78, 5) is 26.2. The van der Waals surface area contributed by atoms with Crippen LogP contribution >= 0.6 is 23.2 Å². The molecule has 0 fully saturated rings. The Hall–Kier alpha value is -3.28. The lowest BCUT2D eigenvalue weighted by atomic mass is 10.1. The van der Waals surface area contributed by atoms with Gasteiger partial charge in [-0.3, -0.25) is 4.79 Å². The van der Waals surface area contributed by atoms with Crippen molar-refractivity contribution in [2.75, 3.05) is 0 Å². The van der Waals surface area contributed by atoms with Crippen LogP contribution in [0, 0.1) is 13.8 Å². The molecule has 0 saturated carbocycles. The Bertz CT molecular complexity index is 1410. The van der Waals surface area contributed by atoms with Crippen molar-refractivity contribution in [2.24, 2.45) is 0 Å². The van der Waals surface area contributed by atoms with Crippen LogP contribution < -0.4 is 14.9 Å². The van der Waals surface area contributed by atoms with E-state index in [1.165, 1.54) is 13.0 Å². The Morgan fingerprint density at radius 2 is 1.64 bits per heavy atom. The molecule has 1 atom stereocenters. The van der Waals surface area contributed by atoms with Crippen molar-refractivity contribution < 1.29 is 18.7 Å². The van der Waals surface area contributed by atoms with Gasteiger partial charge in [0, 0.05) is 10.6 Å². The summed E-state index contributed by atoms with van der Waals surface area (Å²) in [5.74, 6) is -0.528. The molecule has 33 heavy (non-hydrogen) atoms. The molecule has 0 amide bonds. The van der Waals surface area contributed by atoms with Crippen LogP contribution in [-0.2, 0) is 4.79 Å². The van der Waals surface area contributed by atoms with Crippen LogP contribution in [-0.4, -0.2) is 12.1 Å². The third kappa shape index (κ3) is 4.90. The lowest BCUT2D eigenvalue weighted by molar-refractivity contribution is -0.141. The van der Waals surface area contributed by atoms with Crippen molar-refractivity contribution >= 4 is 40.1 Å². The molecule has 5 nitrogen and oxygen atoms in total. The van der Waals surface area contributed by atoms with E-state index in [-0.39, 0.29) is 22.3 Å². The maximum absolute atomic E-state index is 13.3. The van der Waals surface area contributed by atoms with Crippen molar-refractivity contribution in [3.8, 4) is 22.8 Å². The molecule has 0 radical (unpaired) electrons. The Morgan fingerprint density at radius 1 is 0.939 bits per heavy atom. The first kappa shape index (κ1) is 22.9. The molecule has 4 rings (SSSR count). The summed E-state index contributed by atoms with van der Waals surface area (Å²) in [6.45, 7) is 5.32. The van der Waals surface area contributed by atoms with Gasteiger partial charge in [0.1, 0.15) is 11.3 Å². The zero-order chi connectivity index (χ0) is 23.7. The SMILES string of the molecule is Cc1ccc(-c2oc3ccc(C)cc3c(=O)c2OC(=O)[C@H](C)Oc2ccc(Cl)cc2Cl)cc1. The molecule has 0 aliphatic carbocycles. The van der Waals surface area contributed by atoms with Gasteiger partial charge in [0.25, 0.3) is 0 Å². The molecule has 1 heterocycles. The van der Waals surface area contributed by atoms with Crippen molar-refractivity contribution in [3.05, 3.63) is 92.1 Å². The topological polar surface area (TPSA) is 65.7 Å². The molecular formula is C26H20Cl2O5. The summed E-state index contributed by atoms with van der Waals surface area (Å²) < 4.78 is 17.2. The van der Waals surface area contributed by atoms with Crippen molar-refractivity contribution in [2.45, 2.75) is 26.9 Å². The molecule has 0 bridgehead atoms. The maximum atomic E-state index is 13.3. The first-order chi connectivity index (χ1) is 15.7. The summed E-state index contributed by atoms with van der Waals surface area (Å²) in [7, 11) is 0. The van der Waals surface area contributed by atoms with Gasteiger partial charge in [-0.25, -0.2) is 4.79 Å². The third-order valence-electron chi connectivity index (χ3n) is 5.05. The molecule has 1 aromatic heterocycles. The number of ether oxygens (including phenoxy) is 2. The van der Waals surface area contributed by atoms with Gasteiger partial charge in [-0.05, 0) is 51.1 Å². The summed E-state index contributed by atoms with van der Waals surface area (Å²) in [6.07, 6.45) is -1.05. The van der Waals surface area contributed by atoms with E-state index in [0.29, 0.717) is 21.6 Å². The van der Waals surface area contributed by atoms with Crippen LogP contribution in [0.25, 0.3) is 22.3 Å². The number of carbonyl (C=O) groups excluding carboxylic acids is 1. The molecule has 0 N–H and O–H groups in total. The number of rotatable bonds is 5. The number of esters is 1. The zero-order valence-corrected chi connectivity index (χ0v) is 19.7. The van der Waals surface area contributed by atoms with Gasteiger partial charge in [0.15, 0.2) is 11.9 Å². The summed E-state index contributed by atoms with van der Waals surface area (Å²) in [5, 5.41) is 1.01. The highest BCUT2D eigenvalue weighted by atomic mass is 35.5. The minimum atomic E-state index is -1.05. The average Bonchev–Trinajstić information content (AvgIpc) is 2.78. The van der Waals surface area contributed by atoms with Gasteiger partial charge < -0.3 is 13.9 Å². The summed E-state index contributed by atoms with van der Waals surface area (Å²) >= 11 is 12.0. The molecule has 7 heteroatoms.